The molecule has 1 aliphatic carbocycles. The highest BCUT2D eigenvalue weighted by molar-refractivity contribution is 6.06. The van der Waals surface area contributed by atoms with Crippen LogP contribution in [0.15, 0.2) is 36.8 Å². The smallest absolute Gasteiger partial charge is 0.409 e. The van der Waals surface area contributed by atoms with E-state index < -0.39 is 6.09 Å². The number of pyridine rings is 2. The van der Waals surface area contributed by atoms with Crippen molar-refractivity contribution in [3.63, 3.8) is 0 Å². The maximum Gasteiger partial charge on any atom is 0.409 e. The number of aromatic nitrogens is 2. The average molecular weight is 401 g/mol. The fourth-order valence-electron chi connectivity index (χ4n) is 3.61. The SMILES string of the molecule is Cc1ccncc1-c1cc2cc(NC(=O)C3CC3C#N)ncc2c(NC(=O)O)c1C. The maximum atomic E-state index is 12.3. The number of anilines is 2. The van der Waals surface area contributed by atoms with E-state index in [1.54, 1.807) is 18.5 Å². The molecule has 0 radical (unpaired) electrons. The molecule has 2 heterocycles. The van der Waals surface area contributed by atoms with Gasteiger partial charge in [0.15, 0.2) is 0 Å². The summed E-state index contributed by atoms with van der Waals surface area (Å²) in [5.74, 6) is -0.411. The summed E-state index contributed by atoms with van der Waals surface area (Å²) in [7, 11) is 0. The highest BCUT2D eigenvalue weighted by atomic mass is 16.4. The summed E-state index contributed by atoms with van der Waals surface area (Å²) in [5, 5.41) is 24.8. The molecule has 8 nitrogen and oxygen atoms in total. The molecular weight excluding hydrogens is 382 g/mol. The zero-order valence-electron chi connectivity index (χ0n) is 16.4. The van der Waals surface area contributed by atoms with Gasteiger partial charge in [-0.1, -0.05) is 0 Å². The Bertz CT molecular complexity index is 1230. The van der Waals surface area contributed by atoms with Crippen LogP contribution < -0.4 is 10.6 Å². The molecule has 30 heavy (non-hydrogen) atoms. The largest absolute Gasteiger partial charge is 0.465 e. The van der Waals surface area contributed by atoms with Crippen molar-refractivity contribution in [3.8, 4) is 17.2 Å². The zero-order chi connectivity index (χ0) is 21.4. The number of nitrogens with zero attached hydrogens (tertiary/aromatic N) is 3. The first-order chi connectivity index (χ1) is 14.4. The van der Waals surface area contributed by atoms with Crippen LogP contribution in [0.25, 0.3) is 21.9 Å². The summed E-state index contributed by atoms with van der Waals surface area (Å²) in [4.78, 5) is 32.2. The molecule has 8 heteroatoms. The van der Waals surface area contributed by atoms with Gasteiger partial charge >= 0.3 is 6.09 Å². The quantitative estimate of drug-likeness (QED) is 0.604. The lowest BCUT2D eigenvalue weighted by molar-refractivity contribution is -0.117. The van der Waals surface area contributed by atoms with Gasteiger partial charge in [-0.15, -0.1) is 0 Å². The first kappa shape index (κ1) is 19.3. The maximum absolute atomic E-state index is 12.3. The Hall–Kier alpha value is -3.99. The van der Waals surface area contributed by atoms with E-state index in [0.717, 1.165) is 27.6 Å². The summed E-state index contributed by atoms with van der Waals surface area (Å²) >= 11 is 0. The van der Waals surface area contributed by atoms with Crippen LogP contribution in [-0.2, 0) is 4.79 Å². The molecule has 1 fully saturated rings. The number of amides is 2. The molecule has 1 aliphatic rings. The molecule has 4 rings (SSSR count). The molecule has 150 valence electrons. The molecule has 0 saturated heterocycles. The molecule has 1 aromatic carbocycles. The highest BCUT2D eigenvalue weighted by Gasteiger charge is 2.43. The summed E-state index contributed by atoms with van der Waals surface area (Å²) in [5.41, 5.74) is 3.94. The lowest BCUT2D eigenvalue weighted by atomic mass is 9.93. The van der Waals surface area contributed by atoms with Crippen molar-refractivity contribution in [2.45, 2.75) is 20.3 Å². The van der Waals surface area contributed by atoms with Crippen LogP contribution in [0.4, 0.5) is 16.3 Å². The van der Waals surface area contributed by atoms with Crippen LogP contribution in [0.2, 0.25) is 0 Å². The van der Waals surface area contributed by atoms with Gasteiger partial charge in [-0.05, 0) is 60.5 Å². The fourth-order valence-corrected chi connectivity index (χ4v) is 3.61. The molecular formula is C22H19N5O3. The van der Waals surface area contributed by atoms with Gasteiger partial charge in [0.25, 0.3) is 0 Å². The minimum atomic E-state index is -1.17. The summed E-state index contributed by atoms with van der Waals surface area (Å²) in [6, 6.07) is 7.63. The number of carboxylic acid groups (broad SMARTS) is 1. The van der Waals surface area contributed by atoms with Crippen molar-refractivity contribution < 1.29 is 14.7 Å². The monoisotopic (exact) mass is 401 g/mol. The predicted octanol–water partition coefficient (Wildman–Crippen LogP) is 4.10. The molecule has 2 amide bonds. The third-order valence-electron chi connectivity index (χ3n) is 5.39. The van der Waals surface area contributed by atoms with Gasteiger partial charge in [0.05, 0.1) is 23.6 Å². The van der Waals surface area contributed by atoms with Crippen molar-refractivity contribution in [3.05, 3.63) is 47.9 Å². The molecule has 0 aliphatic heterocycles. The van der Waals surface area contributed by atoms with Gasteiger partial charge in [0.1, 0.15) is 5.82 Å². The Morgan fingerprint density at radius 1 is 1.20 bits per heavy atom. The molecule has 2 atom stereocenters. The van der Waals surface area contributed by atoms with E-state index in [1.165, 1.54) is 6.20 Å². The molecule has 2 unspecified atom stereocenters. The third kappa shape index (κ3) is 3.53. The second-order valence-electron chi connectivity index (χ2n) is 7.40. The normalized spacial score (nSPS) is 17.2. The van der Waals surface area contributed by atoms with Crippen LogP contribution in [0.5, 0.6) is 0 Å². The second kappa shape index (κ2) is 7.44. The van der Waals surface area contributed by atoms with Gasteiger partial charge in [-0.2, -0.15) is 5.26 Å². The number of aryl methyl sites for hydroxylation is 1. The van der Waals surface area contributed by atoms with Crippen molar-refractivity contribution in [2.75, 3.05) is 10.6 Å². The second-order valence-corrected chi connectivity index (χ2v) is 7.40. The Labute approximate surface area is 172 Å². The van der Waals surface area contributed by atoms with Crippen molar-refractivity contribution in [2.24, 2.45) is 11.8 Å². The minimum Gasteiger partial charge on any atom is -0.465 e. The number of carbonyl (C=O) groups is 2. The first-order valence-corrected chi connectivity index (χ1v) is 9.43. The van der Waals surface area contributed by atoms with Crippen molar-refractivity contribution in [1.29, 1.82) is 5.26 Å². The van der Waals surface area contributed by atoms with Gasteiger partial charge in [0, 0.05) is 29.5 Å². The average Bonchev–Trinajstić information content (AvgIpc) is 3.50. The lowest BCUT2D eigenvalue weighted by Crippen LogP contribution is -2.15. The molecule has 2 aromatic heterocycles. The standard InChI is InChI=1S/C22H19N5O3/c1-11-3-4-24-9-17(11)15-5-13-7-19(26-21(28)16-6-14(16)8-23)25-10-18(13)20(12(15)2)27-22(29)30/h3-5,7,9-10,14,16,27H,6H2,1-2H3,(H,29,30)(H,25,26,28). The van der Waals surface area contributed by atoms with Gasteiger partial charge in [0.2, 0.25) is 5.91 Å². The topological polar surface area (TPSA) is 128 Å². The summed E-state index contributed by atoms with van der Waals surface area (Å²) < 4.78 is 0. The van der Waals surface area contributed by atoms with Crippen molar-refractivity contribution in [1.82, 2.24) is 9.97 Å². The van der Waals surface area contributed by atoms with Crippen LogP contribution in [0.3, 0.4) is 0 Å². The highest BCUT2D eigenvalue weighted by Crippen LogP contribution is 2.39. The van der Waals surface area contributed by atoms with Crippen LogP contribution >= 0.6 is 0 Å². The predicted molar refractivity (Wildman–Crippen MR) is 112 cm³/mol. The number of benzene rings is 1. The summed E-state index contributed by atoms with van der Waals surface area (Å²) in [6.45, 7) is 3.81. The number of hydrogen-bond acceptors (Lipinski definition) is 5. The van der Waals surface area contributed by atoms with Crippen LogP contribution in [0.1, 0.15) is 17.5 Å². The van der Waals surface area contributed by atoms with E-state index in [-0.39, 0.29) is 17.7 Å². The zero-order valence-corrected chi connectivity index (χ0v) is 16.4. The number of nitrogens with one attached hydrogen (secondary N) is 2. The lowest BCUT2D eigenvalue weighted by Gasteiger charge is -2.17. The molecule has 3 N–H and O–H groups in total. The Kier molecular flexibility index (Phi) is 4.80. The third-order valence-corrected chi connectivity index (χ3v) is 5.39. The minimum absolute atomic E-state index is 0.229. The molecule has 1 saturated carbocycles. The molecule has 0 spiro atoms. The Morgan fingerprint density at radius 2 is 2.00 bits per heavy atom. The fraction of sp³-hybridized carbons (Fsp3) is 0.227. The van der Waals surface area contributed by atoms with E-state index in [4.69, 9.17) is 5.26 Å². The van der Waals surface area contributed by atoms with Crippen molar-refractivity contribution >= 4 is 34.3 Å². The van der Waals surface area contributed by atoms with Gasteiger partial charge in [-0.25, -0.2) is 9.78 Å². The Morgan fingerprint density at radius 3 is 2.67 bits per heavy atom. The van der Waals surface area contributed by atoms with Crippen LogP contribution in [-0.4, -0.2) is 27.1 Å². The van der Waals surface area contributed by atoms with E-state index in [2.05, 4.69) is 26.7 Å². The van der Waals surface area contributed by atoms with E-state index in [9.17, 15) is 14.7 Å². The summed E-state index contributed by atoms with van der Waals surface area (Å²) in [6.07, 6.45) is 4.38. The molecule has 3 aromatic rings. The first-order valence-electron chi connectivity index (χ1n) is 9.43. The van der Waals surface area contributed by atoms with E-state index in [1.807, 2.05) is 26.0 Å². The number of rotatable bonds is 4. The van der Waals surface area contributed by atoms with Crippen LogP contribution in [0, 0.1) is 37.0 Å². The van der Waals surface area contributed by atoms with E-state index >= 15 is 0 Å². The van der Waals surface area contributed by atoms with Gasteiger partial charge in [-0.3, -0.25) is 15.1 Å². The number of hydrogen-bond donors (Lipinski definition) is 3. The van der Waals surface area contributed by atoms with Gasteiger partial charge < -0.3 is 10.4 Å². The molecule has 0 bridgehead atoms. The number of fused-ring (bicyclic) bond motifs is 1. The van der Waals surface area contributed by atoms with E-state index in [0.29, 0.717) is 23.3 Å². The number of carbonyl (C=O) groups excluding carboxylic acids is 1. The number of nitriles is 1. The Balaban J connectivity index is 1.81.